The second-order valence-corrected chi connectivity index (χ2v) is 7.86. The van der Waals surface area contributed by atoms with E-state index in [0.717, 1.165) is 11.8 Å². The molecule has 3 atom stereocenters. The molecule has 1 aromatic heterocycles. The fourth-order valence-corrected chi connectivity index (χ4v) is 5.45. The summed E-state index contributed by atoms with van der Waals surface area (Å²) in [6, 6.07) is 7.11. The van der Waals surface area contributed by atoms with Gasteiger partial charge >= 0.3 is 17.9 Å². The van der Waals surface area contributed by atoms with Crippen LogP contribution in [0.2, 0.25) is 0 Å². The van der Waals surface area contributed by atoms with Crippen LogP contribution in [0.5, 0.6) is 0 Å². The number of aliphatic carboxylic acids is 3. The summed E-state index contributed by atoms with van der Waals surface area (Å²) in [7, 11) is 0. The van der Waals surface area contributed by atoms with Gasteiger partial charge in [-0.2, -0.15) is 0 Å². The molecule has 0 fully saturated rings. The van der Waals surface area contributed by atoms with E-state index in [4.69, 9.17) is 0 Å². The molecule has 28 heavy (non-hydrogen) atoms. The summed E-state index contributed by atoms with van der Waals surface area (Å²) in [5.41, 5.74) is -0.733. The first kappa shape index (κ1) is 21.7. The SMILES string of the molecule is CCC(C(=O)O)C(CC)(C(=O)O)C(CC)(Sc1nc2ccccc2[nH]1)C(=O)O. The summed E-state index contributed by atoms with van der Waals surface area (Å²) in [5.74, 6) is -5.50. The maximum absolute atomic E-state index is 12.5. The van der Waals surface area contributed by atoms with Crippen LogP contribution in [0.4, 0.5) is 0 Å². The lowest BCUT2D eigenvalue weighted by molar-refractivity contribution is -0.172. The van der Waals surface area contributed by atoms with Crippen LogP contribution in [-0.4, -0.2) is 47.9 Å². The maximum atomic E-state index is 12.5. The van der Waals surface area contributed by atoms with Gasteiger partial charge in [-0.05, 0) is 31.4 Å². The number of fused-ring (bicyclic) bond motifs is 1. The Kier molecular flexibility index (Phi) is 6.38. The van der Waals surface area contributed by atoms with Crippen LogP contribution in [-0.2, 0) is 14.4 Å². The Morgan fingerprint density at radius 1 is 1.07 bits per heavy atom. The van der Waals surface area contributed by atoms with E-state index in [2.05, 4.69) is 9.97 Å². The number of nitrogens with zero attached hydrogens (tertiary/aromatic N) is 1. The monoisotopic (exact) mass is 408 g/mol. The number of hydrogen-bond donors (Lipinski definition) is 4. The highest BCUT2D eigenvalue weighted by Gasteiger charge is 2.65. The molecule has 0 aliphatic carbocycles. The number of aromatic amines is 1. The van der Waals surface area contributed by atoms with Crippen LogP contribution in [0.15, 0.2) is 29.4 Å². The number of para-hydroxylation sites is 2. The first-order chi connectivity index (χ1) is 13.2. The quantitative estimate of drug-likeness (QED) is 0.438. The summed E-state index contributed by atoms with van der Waals surface area (Å²) in [6.45, 7) is 4.64. The second kappa shape index (κ2) is 8.22. The zero-order valence-corrected chi connectivity index (χ0v) is 16.7. The van der Waals surface area contributed by atoms with Gasteiger partial charge in [0.1, 0.15) is 10.2 Å². The number of thioether (sulfide) groups is 1. The second-order valence-electron chi connectivity index (χ2n) is 6.58. The fourth-order valence-electron chi connectivity index (χ4n) is 4.03. The van der Waals surface area contributed by atoms with E-state index in [1.54, 1.807) is 38.1 Å². The van der Waals surface area contributed by atoms with Crippen molar-refractivity contribution < 1.29 is 29.7 Å². The van der Waals surface area contributed by atoms with Crippen molar-refractivity contribution in [3.05, 3.63) is 24.3 Å². The van der Waals surface area contributed by atoms with Crippen molar-refractivity contribution in [2.24, 2.45) is 11.3 Å². The molecule has 0 saturated carbocycles. The van der Waals surface area contributed by atoms with E-state index >= 15 is 0 Å². The molecule has 0 amide bonds. The minimum Gasteiger partial charge on any atom is -0.481 e. The number of hydrogen-bond acceptors (Lipinski definition) is 5. The standard InChI is InChI=1S/C19H24N2O6S/c1-4-11(14(22)23)18(5-2,15(24)25)19(6-3,16(26)27)28-17-20-12-9-7-8-10-13(12)21-17/h7-11H,4-6H2,1-3H3,(H,20,21)(H,22,23)(H,24,25)(H,26,27). The molecular formula is C19H24N2O6S. The summed E-state index contributed by atoms with van der Waals surface area (Å²) in [4.78, 5) is 44.3. The first-order valence-electron chi connectivity index (χ1n) is 9.03. The third-order valence-electron chi connectivity index (χ3n) is 5.44. The van der Waals surface area contributed by atoms with Crippen molar-refractivity contribution in [2.75, 3.05) is 0 Å². The number of nitrogens with one attached hydrogen (secondary N) is 1. The Bertz CT molecular complexity index is 864. The lowest BCUT2D eigenvalue weighted by Crippen LogP contribution is -2.60. The highest BCUT2D eigenvalue weighted by molar-refractivity contribution is 8.01. The van der Waals surface area contributed by atoms with E-state index in [1.807, 2.05) is 0 Å². The van der Waals surface area contributed by atoms with Gasteiger partial charge < -0.3 is 20.3 Å². The maximum Gasteiger partial charge on any atom is 0.321 e. The smallest absolute Gasteiger partial charge is 0.321 e. The number of carbonyl (C=O) groups is 3. The van der Waals surface area contributed by atoms with Gasteiger partial charge in [0, 0.05) is 0 Å². The Labute approximate surface area is 166 Å². The largest absolute Gasteiger partial charge is 0.481 e. The third-order valence-corrected chi connectivity index (χ3v) is 7.01. The highest BCUT2D eigenvalue weighted by atomic mass is 32.2. The number of rotatable bonds is 10. The van der Waals surface area contributed by atoms with E-state index in [1.165, 1.54) is 6.92 Å². The van der Waals surface area contributed by atoms with E-state index in [-0.39, 0.29) is 24.4 Å². The highest BCUT2D eigenvalue weighted by Crippen LogP contribution is 2.55. The molecule has 0 saturated heterocycles. The van der Waals surface area contributed by atoms with E-state index < -0.39 is 34.0 Å². The lowest BCUT2D eigenvalue weighted by atomic mass is 9.62. The van der Waals surface area contributed by atoms with E-state index in [9.17, 15) is 29.7 Å². The number of benzene rings is 1. The van der Waals surface area contributed by atoms with Gasteiger partial charge in [-0.15, -0.1) is 0 Å². The molecule has 9 heteroatoms. The Balaban J connectivity index is 2.73. The molecule has 0 aliphatic rings. The average Bonchev–Trinajstić information content (AvgIpc) is 3.05. The third kappa shape index (κ3) is 3.23. The van der Waals surface area contributed by atoms with Crippen LogP contribution < -0.4 is 0 Å². The molecule has 1 aromatic carbocycles. The van der Waals surface area contributed by atoms with Crippen molar-refractivity contribution >= 4 is 40.7 Å². The molecule has 3 unspecified atom stereocenters. The van der Waals surface area contributed by atoms with Crippen molar-refractivity contribution in [2.45, 2.75) is 49.9 Å². The zero-order chi connectivity index (χ0) is 21.1. The van der Waals surface area contributed by atoms with Crippen LogP contribution in [0, 0.1) is 11.3 Å². The Morgan fingerprint density at radius 3 is 2.14 bits per heavy atom. The van der Waals surface area contributed by atoms with Crippen molar-refractivity contribution in [3.8, 4) is 0 Å². The van der Waals surface area contributed by atoms with Gasteiger partial charge in [-0.3, -0.25) is 14.4 Å². The van der Waals surface area contributed by atoms with Gasteiger partial charge in [-0.1, -0.05) is 44.7 Å². The van der Waals surface area contributed by atoms with Crippen molar-refractivity contribution in [1.82, 2.24) is 9.97 Å². The predicted molar refractivity (Wildman–Crippen MR) is 104 cm³/mol. The predicted octanol–water partition coefficient (Wildman–Crippen LogP) is 3.48. The van der Waals surface area contributed by atoms with Crippen LogP contribution >= 0.6 is 11.8 Å². The number of aromatic nitrogens is 2. The molecular weight excluding hydrogens is 384 g/mol. The van der Waals surface area contributed by atoms with Gasteiger partial charge in [0.05, 0.1) is 17.0 Å². The molecule has 0 radical (unpaired) electrons. The number of carboxylic acid groups (broad SMARTS) is 3. The fraction of sp³-hybridized carbons (Fsp3) is 0.474. The normalized spacial score (nSPS) is 16.8. The molecule has 0 aliphatic heterocycles. The average molecular weight is 408 g/mol. The van der Waals surface area contributed by atoms with Crippen molar-refractivity contribution in [3.63, 3.8) is 0 Å². The summed E-state index contributed by atoms with van der Waals surface area (Å²) in [6.07, 6.45) is -0.250. The number of imidazole rings is 1. The van der Waals surface area contributed by atoms with Gasteiger partial charge in [-0.25, -0.2) is 4.98 Å². The molecule has 0 spiro atoms. The summed E-state index contributed by atoms with van der Waals surface area (Å²) >= 11 is 0.781. The molecule has 2 aromatic rings. The Hall–Kier alpha value is -2.55. The molecule has 0 bridgehead atoms. The van der Waals surface area contributed by atoms with Crippen LogP contribution in [0.1, 0.15) is 40.0 Å². The van der Waals surface area contributed by atoms with E-state index in [0.29, 0.717) is 11.0 Å². The molecule has 152 valence electrons. The summed E-state index contributed by atoms with van der Waals surface area (Å²) in [5, 5.41) is 30.3. The topological polar surface area (TPSA) is 141 Å². The molecule has 8 nitrogen and oxygen atoms in total. The van der Waals surface area contributed by atoms with Gasteiger partial charge in [0.2, 0.25) is 0 Å². The van der Waals surface area contributed by atoms with Gasteiger partial charge in [0.25, 0.3) is 0 Å². The number of H-pyrrole nitrogens is 1. The minimum absolute atomic E-state index is 0.00874. The molecule has 1 heterocycles. The first-order valence-corrected chi connectivity index (χ1v) is 9.85. The number of carboxylic acids is 3. The molecule has 2 rings (SSSR count). The van der Waals surface area contributed by atoms with Crippen LogP contribution in [0.3, 0.4) is 0 Å². The molecule has 4 N–H and O–H groups in total. The lowest BCUT2D eigenvalue weighted by Gasteiger charge is -2.46. The van der Waals surface area contributed by atoms with Gasteiger partial charge in [0.15, 0.2) is 5.16 Å². The minimum atomic E-state index is -2.03. The Morgan fingerprint density at radius 2 is 1.71 bits per heavy atom. The van der Waals surface area contributed by atoms with Crippen molar-refractivity contribution in [1.29, 1.82) is 0 Å². The van der Waals surface area contributed by atoms with Crippen LogP contribution in [0.25, 0.3) is 11.0 Å². The zero-order valence-electron chi connectivity index (χ0n) is 15.9. The summed E-state index contributed by atoms with van der Waals surface area (Å²) < 4.78 is -1.93.